The van der Waals surface area contributed by atoms with E-state index in [1.54, 1.807) is 26.3 Å². The Morgan fingerprint density at radius 3 is 2.70 bits per heavy atom. The van der Waals surface area contributed by atoms with Crippen molar-refractivity contribution >= 4 is 17.4 Å². The van der Waals surface area contributed by atoms with Gasteiger partial charge in [0.15, 0.2) is 5.84 Å². The monoisotopic (exact) mass is 279 g/mol. The third-order valence-electron chi connectivity index (χ3n) is 3.13. The van der Waals surface area contributed by atoms with Gasteiger partial charge < -0.3 is 20.6 Å². The minimum absolute atomic E-state index is 0.0707. The number of oxime groups is 1. The van der Waals surface area contributed by atoms with E-state index in [1.165, 1.54) is 4.90 Å². The highest BCUT2D eigenvalue weighted by atomic mass is 16.5. The predicted octanol–water partition coefficient (Wildman–Crippen LogP) is 1.82. The molecule has 1 aromatic rings. The van der Waals surface area contributed by atoms with E-state index in [4.69, 9.17) is 15.7 Å². The average Bonchev–Trinajstić information content (AvgIpc) is 2.50. The van der Waals surface area contributed by atoms with Gasteiger partial charge in [-0.2, -0.15) is 0 Å². The molecule has 3 N–H and O–H groups in total. The van der Waals surface area contributed by atoms with Crippen LogP contribution >= 0.6 is 0 Å². The SMILES string of the molecule is CCCC(C(=O)N(C)c1ccccc1OC)C(N)=NO. The fourth-order valence-corrected chi connectivity index (χ4v) is 2.02. The van der Waals surface area contributed by atoms with Gasteiger partial charge in [0.1, 0.15) is 5.75 Å². The number of methoxy groups -OCH3 is 1. The normalized spacial score (nSPS) is 12.8. The first-order valence-electron chi connectivity index (χ1n) is 6.44. The Morgan fingerprint density at radius 1 is 1.50 bits per heavy atom. The molecule has 20 heavy (non-hydrogen) atoms. The van der Waals surface area contributed by atoms with Crippen molar-refractivity contribution in [2.45, 2.75) is 19.8 Å². The van der Waals surface area contributed by atoms with E-state index in [0.29, 0.717) is 17.9 Å². The number of carbonyl (C=O) groups excluding carboxylic acids is 1. The van der Waals surface area contributed by atoms with E-state index in [-0.39, 0.29) is 11.7 Å². The Bertz CT molecular complexity index is 488. The summed E-state index contributed by atoms with van der Waals surface area (Å²) in [4.78, 5) is 14.0. The van der Waals surface area contributed by atoms with Crippen LogP contribution in [-0.4, -0.2) is 31.1 Å². The first kappa shape index (κ1) is 15.8. The maximum absolute atomic E-state index is 12.5. The molecular formula is C14H21N3O3. The molecule has 6 heteroatoms. The Morgan fingerprint density at radius 2 is 2.15 bits per heavy atom. The van der Waals surface area contributed by atoms with Gasteiger partial charge in [0.25, 0.3) is 0 Å². The van der Waals surface area contributed by atoms with E-state index in [0.717, 1.165) is 6.42 Å². The molecule has 0 aromatic heterocycles. The molecule has 0 saturated heterocycles. The Labute approximate surface area is 118 Å². The zero-order chi connectivity index (χ0) is 15.1. The van der Waals surface area contributed by atoms with Crippen LogP contribution in [0.15, 0.2) is 29.4 Å². The highest BCUT2D eigenvalue weighted by Crippen LogP contribution is 2.28. The van der Waals surface area contributed by atoms with E-state index in [2.05, 4.69) is 5.16 Å². The smallest absolute Gasteiger partial charge is 0.237 e. The van der Waals surface area contributed by atoms with Gasteiger partial charge in [-0.05, 0) is 18.6 Å². The zero-order valence-electron chi connectivity index (χ0n) is 12.0. The van der Waals surface area contributed by atoms with Crippen LogP contribution in [0.4, 0.5) is 5.69 Å². The fourth-order valence-electron chi connectivity index (χ4n) is 2.02. The van der Waals surface area contributed by atoms with Crippen LogP contribution in [0, 0.1) is 5.92 Å². The number of nitrogens with two attached hydrogens (primary N) is 1. The standard InChI is InChI=1S/C14H21N3O3/c1-4-7-10(13(15)16-19)14(18)17(2)11-8-5-6-9-12(11)20-3/h5-6,8-10,19H,4,7H2,1-3H3,(H2,15,16). The molecule has 1 atom stereocenters. The van der Waals surface area contributed by atoms with Crippen molar-refractivity contribution in [2.24, 2.45) is 16.8 Å². The zero-order valence-corrected chi connectivity index (χ0v) is 12.0. The van der Waals surface area contributed by atoms with Gasteiger partial charge in [0.05, 0.1) is 18.7 Å². The predicted molar refractivity (Wildman–Crippen MR) is 78.2 cm³/mol. The fraction of sp³-hybridized carbons (Fsp3) is 0.429. The number of amidine groups is 1. The van der Waals surface area contributed by atoms with Crippen LogP contribution in [0.2, 0.25) is 0 Å². The van der Waals surface area contributed by atoms with E-state index in [1.807, 2.05) is 19.1 Å². The van der Waals surface area contributed by atoms with E-state index < -0.39 is 5.92 Å². The average molecular weight is 279 g/mol. The summed E-state index contributed by atoms with van der Waals surface area (Å²) < 4.78 is 5.24. The van der Waals surface area contributed by atoms with Gasteiger partial charge in [-0.3, -0.25) is 4.79 Å². The molecule has 0 fully saturated rings. The van der Waals surface area contributed by atoms with Crippen molar-refractivity contribution in [2.75, 3.05) is 19.1 Å². The van der Waals surface area contributed by atoms with Crippen molar-refractivity contribution < 1.29 is 14.7 Å². The Balaban J connectivity index is 3.05. The second-order valence-electron chi connectivity index (χ2n) is 4.44. The second kappa shape index (κ2) is 7.37. The molecule has 1 unspecified atom stereocenters. The first-order valence-corrected chi connectivity index (χ1v) is 6.44. The molecule has 1 rings (SSSR count). The van der Waals surface area contributed by atoms with Crippen LogP contribution < -0.4 is 15.4 Å². The highest BCUT2D eigenvalue weighted by Gasteiger charge is 2.27. The quantitative estimate of drug-likeness (QED) is 0.360. The van der Waals surface area contributed by atoms with Crippen molar-refractivity contribution in [1.82, 2.24) is 0 Å². The number of hydrogen-bond acceptors (Lipinski definition) is 4. The van der Waals surface area contributed by atoms with Gasteiger partial charge >= 0.3 is 0 Å². The third kappa shape index (κ3) is 3.40. The molecule has 0 radical (unpaired) electrons. The molecule has 0 aliphatic rings. The van der Waals surface area contributed by atoms with Gasteiger partial charge in [0.2, 0.25) is 5.91 Å². The number of hydrogen-bond donors (Lipinski definition) is 2. The van der Waals surface area contributed by atoms with Gasteiger partial charge in [-0.15, -0.1) is 0 Å². The summed E-state index contributed by atoms with van der Waals surface area (Å²) in [5, 5.41) is 11.8. The molecule has 110 valence electrons. The van der Waals surface area contributed by atoms with Crippen LogP contribution in [-0.2, 0) is 4.79 Å². The maximum Gasteiger partial charge on any atom is 0.237 e. The molecule has 0 aliphatic carbocycles. The van der Waals surface area contributed by atoms with Crippen molar-refractivity contribution in [3.05, 3.63) is 24.3 Å². The summed E-state index contributed by atoms with van der Waals surface area (Å²) in [5.74, 6) is -0.344. The van der Waals surface area contributed by atoms with Gasteiger partial charge in [-0.25, -0.2) is 0 Å². The van der Waals surface area contributed by atoms with Crippen LogP contribution in [0.25, 0.3) is 0 Å². The van der Waals surface area contributed by atoms with Crippen LogP contribution in [0.5, 0.6) is 5.75 Å². The van der Waals surface area contributed by atoms with Gasteiger partial charge in [0, 0.05) is 7.05 Å². The molecule has 0 saturated carbocycles. The molecule has 1 amide bonds. The van der Waals surface area contributed by atoms with Crippen LogP contribution in [0.1, 0.15) is 19.8 Å². The lowest BCUT2D eigenvalue weighted by Crippen LogP contribution is -2.40. The highest BCUT2D eigenvalue weighted by molar-refractivity contribution is 6.09. The molecule has 6 nitrogen and oxygen atoms in total. The lowest BCUT2D eigenvalue weighted by atomic mass is 10.0. The lowest BCUT2D eigenvalue weighted by Gasteiger charge is -2.24. The van der Waals surface area contributed by atoms with Crippen molar-refractivity contribution in [1.29, 1.82) is 0 Å². The van der Waals surface area contributed by atoms with Crippen molar-refractivity contribution in [3.8, 4) is 5.75 Å². The summed E-state index contributed by atoms with van der Waals surface area (Å²) in [6, 6.07) is 7.21. The number of anilines is 1. The lowest BCUT2D eigenvalue weighted by molar-refractivity contribution is -0.120. The molecule has 0 spiro atoms. The first-order chi connectivity index (χ1) is 9.56. The number of amides is 1. The van der Waals surface area contributed by atoms with E-state index in [9.17, 15) is 4.79 Å². The number of para-hydroxylation sites is 2. The number of nitrogens with zero attached hydrogens (tertiary/aromatic N) is 2. The molecule has 0 aliphatic heterocycles. The minimum Gasteiger partial charge on any atom is -0.495 e. The summed E-state index contributed by atoms with van der Waals surface area (Å²) in [5.41, 5.74) is 6.26. The molecular weight excluding hydrogens is 258 g/mol. The molecule has 0 bridgehead atoms. The number of ether oxygens (including phenoxy) is 1. The number of benzene rings is 1. The largest absolute Gasteiger partial charge is 0.495 e. The summed E-state index contributed by atoms with van der Waals surface area (Å²) in [6.07, 6.45) is 1.28. The summed E-state index contributed by atoms with van der Waals surface area (Å²) >= 11 is 0. The number of rotatable bonds is 6. The van der Waals surface area contributed by atoms with Gasteiger partial charge in [-0.1, -0.05) is 30.6 Å². The van der Waals surface area contributed by atoms with E-state index >= 15 is 0 Å². The summed E-state index contributed by atoms with van der Waals surface area (Å²) in [7, 11) is 3.19. The summed E-state index contributed by atoms with van der Waals surface area (Å²) in [6.45, 7) is 1.94. The van der Waals surface area contributed by atoms with Crippen LogP contribution in [0.3, 0.4) is 0 Å². The Hall–Kier alpha value is -2.24. The Kier molecular flexibility index (Phi) is 5.83. The third-order valence-corrected chi connectivity index (χ3v) is 3.13. The maximum atomic E-state index is 12.5. The second-order valence-corrected chi connectivity index (χ2v) is 4.44. The number of carbonyl (C=O) groups is 1. The van der Waals surface area contributed by atoms with Crippen molar-refractivity contribution in [3.63, 3.8) is 0 Å². The minimum atomic E-state index is -0.639. The molecule has 1 aromatic carbocycles. The topological polar surface area (TPSA) is 88.2 Å². The molecule has 0 heterocycles.